The summed E-state index contributed by atoms with van der Waals surface area (Å²) in [6.45, 7) is 10.1. The SMILES string of the molecule is CCOC(=O)c1cc(-c2ccccc2)sc1NC(=O)CCN1CCN(CC)CC1.O=C(O)C(=O)O.O=C(O)C(=O)O. The molecule has 0 spiro atoms. The third-order valence-corrected chi connectivity index (χ3v) is 6.57. The number of amides is 1. The Labute approximate surface area is 239 Å². The van der Waals surface area contributed by atoms with Gasteiger partial charge in [0, 0.05) is 44.0 Å². The van der Waals surface area contributed by atoms with Gasteiger partial charge in [0.2, 0.25) is 5.91 Å². The van der Waals surface area contributed by atoms with Crippen LogP contribution in [0.3, 0.4) is 0 Å². The summed E-state index contributed by atoms with van der Waals surface area (Å²) < 4.78 is 5.18. The number of benzene rings is 1. The van der Waals surface area contributed by atoms with E-state index in [1.165, 1.54) is 11.3 Å². The molecule has 0 radical (unpaired) electrons. The number of piperazine rings is 1. The van der Waals surface area contributed by atoms with Crippen LogP contribution >= 0.6 is 11.3 Å². The van der Waals surface area contributed by atoms with Crippen molar-refractivity contribution in [2.75, 3.05) is 51.2 Å². The molecule has 0 bridgehead atoms. The molecule has 224 valence electrons. The number of hydrogen-bond acceptors (Lipinski definition) is 10. The van der Waals surface area contributed by atoms with Crippen molar-refractivity contribution >= 4 is 52.1 Å². The topological polar surface area (TPSA) is 211 Å². The fourth-order valence-electron chi connectivity index (χ4n) is 3.37. The van der Waals surface area contributed by atoms with Crippen LogP contribution in [0.2, 0.25) is 0 Å². The minimum absolute atomic E-state index is 0.0741. The van der Waals surface area contributed by atoms with Gasteiger partial charge in [0.15, 0.2) is 0 Å². The lowest BCUT2D eigenvalue weighted by molar-refractivity contribution is -0.159. The molecule has 5 N–H and O–H groups in total. The minimum atomic E-state index is -1.82. The maximum absolute atomic E-state index is 12.6. The number of anilines is 1. The van der Waals surface area contributed by atoms with E-state index in [4.69, 9.17) is 44.3 Å². The Morgan fingerprint density at radius 3 is 1.80 bits per heavy atom. The molecule has 3 rings (SSSR count). The number of nitrogens with one attached hydrogen (secondary N) is 1. The number of rotatable bonds is 8. The maximum Gasteiger partial charge on any atom is 0.414 e. The number of likely N-dealkylation sites (N-methyl/N-ethyl adjacent to an activating group) is 1. The summed E-state index contributed by atoms with van der Waals surface area (Å²) >= 11 is 1.41. The highest BCUT2D eigenvalue weighted by Crippen LogP contribution is 2.36. The van der Waals surface area contributed by atoms with Crippen LogP contribution in [0.15, 0.2) is 36.4 Å². The first-order valence-electron chi connectivity index (χ1n) is 12.4. The van der Waals surface area contributed by atoms with Crippen molar-refractivity contribution < 1.29 is 53.9 Å². The third kappa shape index (κ3) is 13.0. The zero-order valence-electron chi connectivity index (χ0n) is 22.6. The Balaban J connectivity index is 0.000000588. The summed E-state index contributed by atoms with van der Waals surface area (Å²) in [6.07, 6.45) is 0.410. The van der Waals surface area contributed by atoms with Crippen molar-refractivity contribution in [3.05, 3.63) is 42.0 Å². The van der Waals surface area contributed by atoms with Crippen LogP contribution in [0.1, 0.15) is 30.6 Å². The molecule has 1 aliphatic heterocycles. The van der Waals surface area contributed by atoms with E-state index in [9.17, 15) is 9.59 Å². The molecule has 1 aromatic heterocycles. The molecular formula is C26H33N3O11S. The Morgan fingerprint density at radius 2 is 1.34 bits per heavy atom. The van der Waals surface area contributed by atoms with Crippen LogP contribution in [-0.2, 0) is 28.7 Å². The summed E-state index contributed by atoms with van der Waals surface area (Å²) in [7, 11) is 0. The molecule has 0 unspecified atom stereocenters. The first-order valence-corrected chi connectivity index (χ1v) is 13.2. The van der Waals surface area contributed by atoms with Gasteiger partial charge in [-0.25, -0.2) is 24.0 Å². The van der Waals surface area contributed by atoms with Gasteiger partial charge < -0.3 is 40.3 Å². The van der Waals surface area contributed by atoms with Crippen molar-refractivity contribution in [2.24, 2.45) is 0 Å². The summed E-state index contributed by atoms with van der Waals surface area (Å²) in [4.78, 5) is 67.0. The number of carboxylic acids is 4. The number of carboxylic acid groups (broad SMARTS) is 4. The number of nitrogens with zero attached hydrogens (tertiary/aromatic N) is 2. The van der Waals surface area contributed by atoms with Gasteiger partial charge in [-0.15, -0.1) is 11.3 Å². The fraction of sp³-hybridized carbons (Fsp3) is 0.385. The van der Waals surface area contributed by atoms with Crippen LogP contribution in [0.25, 0.3) is 10.4 Å². The molecule has 0 aliphatic carbocycles. The number of ether oxygens (including phenoxy) is 1. The van der Waals surface area contributed by atoms with Crippen LogP contribution in [0, 0.1) is 0 Å². The second-order valence-corrected chi connectivity index (χ2v) is 9.29. The Morgan fingerprint density at radius 1 is 0.829 bits per heavy atom. The zero-order chi connectivity index (χ0) is 30.9. The Kier molecular flexibility index (Phi) is 15.3. The first-order chi connectivity index (χ1) is 19.4. The van der Waals surface area contributed by atoms with E-state index in [-0.39, 0.29) is 5.91 Å². The van der Waals surface area contributed by atoms with E-state index in [1.54, 1.807) is 13.0 Å². The molecular weight excluding hydrogens is 562 g/mol. The smallest absolute Gasteiger partial charge is 0.414 e. The van der Waals surface area contributed by atoms with Gasteiger partial charge in [0.25, 0.3) is 0 Å². The lowest BCUT2D eigenvalue weighted by Crippen LogP contribution is -2.46. The van der Waals surface area contributed by atoms with Crippen LogP contribution in [0.4, 0.5) is 5.00 Å². The average molecular weight is 596 g/mol. The molecule has 1 aromatic carbocycles. The molecule has 1 saturated heterocycles. The van der Waals surface area contributed by atoms with Gasteiger partial charge in [0.1, 0.15) is 5.00 Å². The van der Waals surface area contributed by atoms with Crippen LogP contribution in [0.5, 0.6) is 0 Å². The molecule has 0 saturated carbocycles. The molecule has 2 aromatic rings. The predicted molar refractivity (Wildman–Crippen MR) is 148 cm³/mol. The Bertz CT molecular complexity index is 1140. The summed E-state index contributed by atoms with van der Waals surface area (Å²) in [5, 5.41) is 33.1. The monoisotopic (exact) mass is 595 g/mol. The number of hydrogen-bond donors (Lipinski definition) is 5. The number of aliphatic carboxylic acids is 4. The van der Waals surface area contributed by atoms with E-state index in [0.29, 0.717) is 23.6 Å². The summed E-state index contributed by atoms with van der Waals surface area (Å²) in [5.74, 6) is -7.78. The Hall–Kier alpha value is -4.34. The van der Waals surface area contributed by atoms with Crippen molar-refractivity contribution in [1.82, 2.24) is 9.80 Å². The number of carbonyl (C=O) groups is 6. The van der Waals surface area contributed by atoms with Crippen molar-refractivity contribution in [3.8, 4) is 10.4 Å². The number of carbonyl (C=O) groups excluding carboxylic acids is 2. The highest BCUT2D eigenvalue weighted by Gasteiger charge is 2.21. The molecule has 14 nitrogen and oxygen atoms in total. The first kappa shape index (κ1) is 34.7. The second kappa shape index (κ2) is 18.1. The summed E-state index contributed by atoms with van der Waals surface area (Å²) in [5.41, 5.74) is 1.43. The zero-order valence-corrected chi connectivity index (χ0v) is 23.4. The molecule has 0 atom stereocenters. The van der Waals surface area contributed by atoms with Crippen molar-refractivity contribution in [1.29, 1.82) is 0 Å². The molecule has 1 fully saturated rings. The van der Waals surface area contributed by atoms with E-state index in [2.05, 4.69) is 22.0 Å². The highest BCUT2D eigenvalue weighted by molar-refractivity contribution is 7.20. The minimum Gasteiger partial charge on any atom is -0.473 e. The van der Waals surface area contributed by atoms with Crippen LogP contribution < -0.4 is 5.32 Å². The van der Waals surface area contributed by atoms with E-state index in [0.717, 1.165) is 49.7 Å². The lowest BCUT2D eigenvalue weighted by atomic mass is 10.1. The fourth-order valence-corrected chi connectivity index (χ4v) is 4.43. The third-order valence-electron chi connectivity index (χ3n) is 5.47. The standard InChI is InChI=1S/C22H29N3O3S.2C2H2O4/c1-3-24-12-14-25(15-13-24)11-10-20(26)23-21-18(22(27)28-4-2)16-19(29-21)17-8-6-5-7-9-17;2*3-1(4)2(5)6/h5-9,16H,3-4,10-15H2,1-2H3,(H,23,26);2*(H,3,4)(H,5,6). The van der Waals surface area contributed by atoms with Crippen molar-refractivity contribution in [2.45, 2.75) is 20.3 Å². The lowest BCUT2D eigenvalue weighted by Gasteiger charge is -2.33. The van der Waals surface area contributed by atoms with E-state index < -0.39 is 29.8 Å². The van der Waals surface area contributed by atoms with Crippen molar-refractivity contribution in [3.63, 3.8) is 0 Å². The normalized spacial score (nSPS) is 12.9. The molecule has 1 amide bonds. The van der Waals surface area contributed by atoms with Crippen LogP contribution in [-0.4, -0.2) is 112 Å². The molecule has 15 heteroatoms. The number of thiophene rings is 1. The van der Waals surface area contributed by atoms with Gasteiger partial charge in [0.05, 0.1) is 12.2 Å². The van der Waals surface area contributed by atoms with E-state index in [1.807, 2.05) is 30.3 Å². The second-order valence-electron chi connectivity index (χ2n) is 8.23. The highest BCUT2D eigenvalue weighted by atomic mass is 32.1. The van der Waals surface area contributed by atoms with Gasteiger partial charge in [-0.2, -0.15) is 0 Å². The van der Waals surface area contributed by atoms with Gasteiger partial charge >= 0.3 is 29.8 Å². The molecule has 1 aliphatic rings. The van der Waals surface area contributed by atoms with Gasteiger partial charge in [-0.05, 0) is 25.1 Å². The van der Waals surface area contributed by atoms with E-state index >= 15 is 0 Å². The summed E-state index contributed by atoms with van der Waals surface area (Å²) in [6, 6.07) is 11.6. The molecule has 41 heavy (non-hydrogen) atoms. The molecule has 2 heterocycles. The van der Waals surface area contributed by atoms with Gasteiger partial charge in [-0.3, -0.25) is 4.79 Å². The largest absolute Gasteiger partial charge is 0.473 e. The quantitative estimate of drug-likeness (QED) is 0.218. The average Bonchev–Trinajstić information content (AvgIpc) is 3.37. The maximum atomic E-state index is 12.6. The number of esters is 1. The predicted octanol–water partition coefficient (Wildman–Crippen LogP) is 1.87. The van der Waals surface area contributed by atoms with Gasteiger partial charge in [-0.1, -0.05) is 37.3 Å².